The maximum Gasteiger partial charge on any atom is 0.0703 e. The minimum absolute atomic E-state index is 0.285. The van der Waals surface area contributed by atoms with Crippen molar-refractivity contribution in [1.82, 2.24) is 4.90 Å². The van der Waals surface area contributed by atoms with Gasteiger partial charge < -0.3 is 4.74 Å². The highest BCUT2D eigenvalue weighted by atomic mass is 16.5. The molecule has 0 amide bonds. The zero-order valence-corrected chi connectivity index (χ0v) is 11.3. The first kappa shape index (κ1) is 12.4. The fourth-order valence-corrected chi connectivity index (χ4v) is 3.30. The largest absolute Gasteiger partial charge is 0.377 e. The van der Waals surface area contributed by atoms with Crippen LogP contribution in [-0.4, -0.2) is 35.2 Å². The SMILES string of the molecule is CC1(C)C[CH]CC(C)(C)N1CC1CCCO1. The van der Waals surface area contributed by atoms with Gasteiger partial charge in [0.1, 0.15) is 0 Å². The second-order valence-corrected chi connectivity index (χ2v) is 6.57. The highest BCUT2D eigenvalue weighted by Crippen LogP contribution is 2.38. The standard InChI is InChI=1S/C14H26NO/c1-13(2)8-6-9-14(3,4)15(13)11-12-7-5-10-16-12/h6,12H,5,7-11H2,1-4H3. The van der Waals surface area contributed by atoms with Gasteiger partial charge in [0.2, 0.25) is 0 Å². The molecule has 0 aromatic carbocycles. The first-order valence-electron chi connectivity index (χ1n) is 6.63. The van der Waals surface area contributed by atoms with Gasteiger partial charge in [-0.3, -0.25) is 4.90 Å². The van der Waals surface area contributed by atoms with Crippen LogP contribution in [0.5, 0.6) is 0 Å². The van der Waals surface area contributed by atoms with Crippen molar-refractivity contribution >= 4 is 0 Å². The molecule has 1 unspecified atom stereocenters. The summed E-state index contributed by atoms with van der Waals surface area (Å²) in [5.74, 6) is 0. The number of rotatable bonds is 2. The lowest BCUT2D eigenvalue weighted by molar-refractivity contribution is -0.0448. The summed E-state index contributed by atoms with van der Waals surface area (Å²) in [6.45, 7) is 11.5. The molecule has 0 bridgehead atoms. The molecular formula is C14H26NO. The third kappa shape index (κ3) is 2.43. The Bertz CT molecular complexity index is 225. The molecule has 0 N–H and O–H groups in total. The second kappa shape index (κ2) is 4.30. The van der Waals surface area contributed by atoms with Gasteiger partial charge in [-0.05, 0) is 59.8 Å². The van der Waals surface area contributed by atoms with Crippen molar-refractivity contribution in [3.63, 3.8) is 0 Å². The van der Waals surface area contributed by atoms with E-state index in [4.69, 9.17) is 4.74 Å². The average Bonchev–Trinajstić information content (AvgIpc) is 2.63. The fourth-order valence-electron chi connectivity index (χ4n) is 3.30. The molecule has 1 atom stereocenters. The molecule has 1 radical (unpaired) electrons. The molecule has 16 heavy (non-hydrogen) atoms. The number of nitrogens with zero attached hydrogens (tertiary/aromatic N) is 1. The summed E-state index contributed by atoms with van der Waals surface area (Å²) in [7, 11) is 0. The molecule has 0 spiro atoms. The Morgan fingerprint density at radius 2 is 1.81 bits per heavy atom. The van der Waals surface area contributed by atoms with Gasteiger partial charge in [-0.2, -0.15) is 0 Å². The number of ether oxygens (including phenoxy) is 1. The molecule has 2 aliphatic rings. The smallest absolute Gasteiger partial charge is 0.0703 e. The maximum absolute atomic E-state index is 5.79. The van der Waals surface area contributed by atoms with Crippen LogP contribution in [0.3, 0.4) is 0 Å². The quantitative estimate of drug-likeness (QED) is 0.715. The van der Waals surface area contributed by atoms with Crippen LogP contribution in [-0.2, 0) is 4.74 Å². The summed E-state index contributed by atoms with van der Waals surface area (Å²) in [6, 6.07) is 0. The highest BCUT2D eigenvalue weighted by Gasteiger charge is 2.42. The van der Waals surface area contributed by atoms with Crippen molar-refractivity contribution in [1.29, 1.82) is 0 Å². The molecule has 2 nitrogen and oxygen atoms in total. The Kier molecular flexibility index (Phi) is 3.33. The lowest BCUT2D eigenvalue weighted by Crippen LogP contribution is -2.60. The number of likely N-dealkylation sites (tertiary alicyclic amines) is 1. The third-order valence-corrected chi connectivity index (χ3v) is 4.16. The Morgan fingerprint density at radius 1 is 1.19 bits per heavy atom. The Hall–Kier alpha value is -0.0800. The van der Waals surface area contributed by atoms with Crippen molar-refractivity contribution in [2.75, 3.05) is 13.2 Å². The maximum atomic E-state index is 5.79. The second-order valence-electron chi connectivity index (χ2n) is 6.57. The van der Waals surface area contributed by atoms with Crippen LogP contribution in [0.4, 0.5) is 0 Å². The van der Waals surface area contributed by atoms with Gasteiger partial charge in [-0.25, -0.2) is 0 Å². The van der Waals surface area contributed by atoms with Gasteiger partial charge in [0, 0.05) is 24.2 Å². The van der Waals surface area contributed by atoms with Crippen molar-refractivity contribution in [3.05, 3.63) is 6.42 Å². The van der Waals surface area contributed by atoms with Gasteiger partial charge in [0.15, 0.2) is 0 Å². The van der Waals surface area contributed by atoms with E-state index in [0.717, 1.165) is 13.2 Å². The first-order valence-corrected chi connectivity index (χ1v) is 6.63. The highest BCUT2D eigenvalue weighted by molar-refractivity contribution is 5.03. The summed E-state index contributed by atoms with van der Waals surface area (Å²) in [5.41, 5.74) is 0.571. The molecule has 93 valence electrons. The van der Waals surface area contributed by atoms with E-state index in [2.05, 4.69) is 39.0 Å². The summed E-state index contributed by atoms with van der Waals surface area (Å²) in [5, 5.41) is 0. The molecule has 2 heteroatoms. The molecule has 0 saturated carbocycles. The molecule has 2 heterocycles. The van der Waals surface area contributed by atoms with Crippen LogP contribution < -0.4 is 0 Å². The number of hydrogen-bond acceptors (Lipinski definition) is 2. The normalized spacial score (nSPS) is 34.1. The molecule has 2 aliphatic heterocycles. The van der Waals surface area contributed by atoms with Crippen LogP contribution in [0.15, 0.2) is 0 Å². The van der Waals surface area contributed by atoms with E-state index in [1.165, 1.54) is 25.7 Å². The summed E-state index contributed by atoms with van der Waals surface area (Å²) < 4.78 is 5.79. The molecule has 0 aliphatic carbocycles. The predicted molar refractivity (Wildman–Crippen MR) is 67.4 cm³/mol. The fraction of sp³-hybridized carbons (Fsp3) is 0.929. The first-order chi connectivity index (χ1) is 7.42. The molecule has 2 rings (SSSR count). The van der Waals surface area contributed by atoms with Gasteiger partial charge in [0.05, 0.1) is 6.10 Å². The van der Waals surface area contributed by atoms with Gasteiger partial charge >= 0.3 is 0 Å². The predicted octanol–water partition coefficient (Wildman–Crippen LogP) is 3.02. The monoisotopic (exact) mass is 224 g/mol. The van der Waals surface area contributed by atoms with Crippen molar-refractivity contribution in [2.24, 2.45) is 0 Å². The van der Waals surface area contributed by atoms with Crippen LogP contribution in [0.1, 0.15) is 53.4 Å². The Morgan fingerprint density at radius 3 is 2.31 bits per heavy atom. The van der Waals surface area contributed by atoms with E-state index in [1.54, 1.807) is 0 Å². The van der Waals surface area contributed by atoms with Crippen molar-refractivity contribution in [2.45, 2.75) is 70.6 Å². The molecule has 0 aromatic heterocycles. The topological polar surface area (TPSA) is 12.5 Å². The van der Waals surface area contributed by atoms with Crippen molar-refractivity contribution < 1.29 is 4.74 Å². The van der Waals surface area contributed by atoms with E-state index < -0.39 is 0 Å². The zero-order chi connectivity index (χ0) is 11.8. The van der Waals surface area contributed by atoms with Crippen LogP contribution in [0.2, 0.25) is 0 Å². The zero-order valence-electron chi connectivity index (χ0n) is 11.3. The minimum Gasteiger partial charge on any atom is -0.377 e. The van der Waals surface area contributed by atoms with E-state index in [1.807, 2.05) is 0 Å². The van der Waals surface area contributed by atoms with E-state index in [0.29, 0.717) is 6.10 Å². The lowest BCUT2D eigenvalue weighted by Gasteiger charge is -2.53. The van der Waals surface area contributed by atoms with E-state index in [-0.39, 0.29) is 11.1 Å². The third-order valence-electron chi connectivity index (χ3n) is 4.16. The van der Waals surface area contributed by atoms with E-state index in [9.17, 15) is 0 Å². The van der Waals surface area contributed by atoms with Crippen LogP contribution in [0, 0.1) is 6.42 Å². The minimum atomic E-state index is 0.285. The number of piperidine rings is 1. The average molecular weight is 224 g/mol. The Labute approximate surface area is 100 Å². The Balaban J connectivity index is 2.06. The van der Waals surface area contributed by atoms with Gasteiger partial charge in [-0.15, -0.1) is 0 Å². The summed E-state index contributed by atoms with van der Waals surface area (Å²) in [6.07, 6.45) is 7.80. The van der Waals surface area contributed by atoms with Crippen molar-refractivity contribution in [3.8, 4) is 0 Å². The molecule has 0 aromatic rings. The lowest BCUT2D eigenvalue weighted by atomic mass is 9.79. The summed E-state index contributed by atoms with van der Waals surface area (Å²) in [4.78, 5) is 2.66. The van der Waals surface area contributed by atoms with Crippen LogP contribution >= 0.6 is 0 Å². The molecular weight excluding hydrogens is 198 g/mol. The summed E-state index contributed by atoms with van der Waals surface area (Å²) >= 11 is 0. The van der Waals surface area contributed by atoms with Gasteiger partial charge in [-0.1, -0.05) is 0 Å². The molecule has 2 fully saturated rings. The van der Waals surface area contributed by atoms with E-state index >= 15 is 0 Å². The number of hydrogen-bond donors (Lipinski definition) is 0. The van der Waals surface area contributed by atoms with Crippen LogP contribution in [0.25, 0.3) is 0 Å². The molecule has 2 saturated heterocycles. The van der Waals surface area contributed by atoms with Gasteiger partial charge in [0.25, 0.3) is 0 Å².